The lowest BCUT2D eigenvalue weighted by atomic mass is 10.1. The van der Waals surface area contributed by atoms with Crippen molar-refractivity contribution >= 4 is 32.8 Å². The molecule has 22 heavy (non-hydrogen) atoms. The summed E-state index contributed by atoms with van der Waals surface area (Å²) in [6.07, 6.45) is 0.204. The Bertz CT molecular complexity index is 813. The number of fused-ring (bicyclic) bond motifs is 1. The minimum absolute atomic E-state index is 0.0665. The molecule has 1 heterocycles. The summed E-state index contributed by atoms with van der Waals surface area (Å²) in [6, 6.07) is 15.4. The summed E-state index contributed by atoms with van der Waals surface area (Å²) in [6.45, 7) is 1.96. The van der Waals surface area contributed by atoms with Gasteiger partial charge in [0, 0.05) is 9.86 Å². The predicted molar refractivity (Wildman–Crippen MR) is 88.4 cm³/mol. The van der Waals surface area contributed by atoms with Crippen LogP contribution in [0.4, 0.5) is 0 Å². The largest absolute Gasteiger partial charge is 0.356 e. The molecule has 0 aliphatic carbocycles. The molecule has 5 heteroatoms. The van der Waals surface area contributed by atoms with Crippen molar-refractivity contribution in [3.8, 4) is 0 Å². The van der Waals surface area contributed by atoms with Gasteiger partial charge >= 0.3 is 0 Å². The number of nitrogens with zero attached hydrogens (tertiary/aromatic N) is 1. The van der Waals surface area contributed by atoms with Crippen LogP contribution < -0.4 is 5.32 Å². The highest BCUT2D eigenvalue weighted by Crippen LogP contribution is 2.20. The number of carbonyl (C=O) groups is 1. The SMILES string of the molecule is CC(NC(=O)Cc1noc2ccccc12)c1cccc(Br)c1. The number of amides is 1. The number of aromatic nitrogens is 1. The van der Waals surface area contributed by atoms with Gasteiger partial charge in [-0.2, -0.15) is 0 Å². The first kappa shape index (κ1) is 14.8. The highest BCUT2D eigenvalue weighted by atomic mass is 79.9. The third-order valence-corrected chi connectivity index (χ3v) is 4.00. The van der Waals surface area contributed by atoms with Crippen molar-refractivity contribution in [2.75, 3.05) is 0 Å². The van der Waals surface area contributed by atoms with Gasteiger partial charge in [-0.25, -0.2) is 0 Å². The molecule has 0 fully saturated rings. The Morgan fingerprint density at radius 2 is 2.09 bits per heavy atom. The second kappa shape index (κ2) is 6.32. The third kappa shape index (κ3) is 3.20. The fourth-order valence-corrected chi connectivity index (χ4v) is 2.79. The first-order valence-corrected chi connectivity index (χ1v) is 7.81. The molecule has 1 aromatic heterocycles. The molecule has 0 spiro atoms. The normalized spacial score (nSPS) is 12.3. The van der Waals surface area contributed by atoms with E-state index in [-0.39, 0.29) is 18.4 Å². The monoisotopic (exact) mass is 358 g/mol. The molecule has 3 rings (SSSR count). The molecule has 0 saturated heterocycles. The molecule has 0 saturated carbocycles. The van der Waals surface area contributed by atoms with E-state index in [0.717, 1.165) is 15.4 Å². The molecular formula is C17H15BrN2O2. The molecule has 3 aromatic rings. The molecule has 1 amide bonds. The number of halogens is 1. The molecule has 0 bridgehead atoms. The minimum Gasteiger partial charge on any atom is -0.356 e. The lowest BCUT2D eigenvalue weighted by Crippen LogP contribution is -2.28. The van der Waals surface area contributed by atoms with Crippen LogP contribution in [-0.4, -0.2) is 11.1 Å². The summed E-state index contributed by atoms with van der Waals surface area (Å²) in [5, 5.41) is 7.85. The molecule has 1 atom stereocenters. The minimum atomic E-state index is -0.0773. The fourth-order valence-electron chi connectivity index (χ4n) is 2.37. The summed E-state index contributed by atoms with van der Waals surface area (Å²) >= 11 is 3.44. The van der Waals surface area contributed by atoms with Crippen LogP contribution >= 0.6 is 15.9 Å². The van der Waals surface area contributed by atoms with Crippen molar-refractivity contribution in [3.63, 3.8) is 0 Å². The van der Waals surface area contributed by atoms with Gasteiger partial charge in [-0.3, -0.25) is 4.79 Å². The van der Waals surface area contributed by atoms with E-state index in [0.29, 0.717) is 11.3 Å². The van der Waals surface area contributed by atoms with E-state index in [1.165, 1.54) is 0 Å². The van der Waals surface area contributed by atoms with E-state index in [1.807, 2.05) is 55.5 Å². The standard InChI is InChI=1S/C17H15BrN2O2/c1-11(12-5-4-6-13(18)9-12)19-17(21)10-15-14-7-2-3-8-16(14)22-20-15/h2-9,11H,10H2,1H3,(H,19,21). The second-order valence-electron chi connectivity index (χ2n) is 5.15. The Morgan fingerprint density at radius 1 is 1.27 bits per heavy atom. The van der Waals surface area contributed by atoms with Crippen molar-refractivity contribution in [1.29, 1.82) is 0 Å². The molecule has 1 N–H and O–H groups in total. The average Bonchev–Trinajstić information content (AvgIpc) is 2.90. The van der Waals surface area contributed by atoms with E-state index in [9.17, 15) is 4.79 Å². The molecule has 0 aliphatic heterocycles. The molecule has 1 unspecified atom stereocenters. The molecular weight excluding hydrogens is 344 g/mol. The molecule has 0 radical (unpaired) electrons. The Balaban J connectivity index is 1.70. The maximum absolute atomic E-state index is 12.2. The van der Waals surface area contributed by atoms with E-state index < -0.39 is 0 Å². The van der Waals surface area contributed by atoms with Crippen LogP contribution in [0.15, 0.2) is 57.5 Å². The van der Waals surface area contributed by atoms with Gasteiger partial charge in [0.1, 0.15) is 5.69 Å². The quantitative estimate of drug-likeness (QED) is 0.766. The number of rotatable bonds is 4. The van der Waals surface area contributed by atoms with Crippen molar-refractivity contribution in [2.45, 2.75) is 19.4 Å². The van der Waals surface area contributed by atoms with Gasteiger partial charge in [-0.05, 0) is 36.8 Å². The topological polar surface area (TPSA) is 55.1 Å². The van der Waals surface area contributed by atoms with Gasteiger partial charge in [0.25, 0.3) is 0 Å². The van der Waals surface area contributed by atoms with Gasteiger partial charge in [0.15, 0.2) is 5.58 Å². The maximum atomic E-state index is 12.2. The van der Waals surface area contributed by atoms with E-state index in [1.54, 1.807) is 0 Å². The number of nitrogens with one attached hydrogen (secondary N) is 1. The smallest absolute Gasteiger partial charge is 0.226 e. The van der Waals surface area contributed by atoms with Crippen LogP contribution in [0.3, 0.4) is 0 Å². The summed E-state index contributed by atoms with van der Waals surface area (Å²) in [7, 11) is 0. The van der Waals surface area contributed by atoms with Crippen molar-refractivity contribution in [3.05, 3.63) is 64.3 Å². The molecule has 4 nitrogen and oxygen atoms in total. The highest BCUT2D eigenvalue weighted by molar-refractivity contribution is 9.10. The first-order valence-electron chi connectivity index (χ1n) is 7.01. The van der Waals surface area contributed by atoms with E-state index >= 15 is 0 Å². The van der Waals surface area contributed by atoms with Crippen LogP contribution in [0.25, 0.3) is 11.0 Å². The number of hydrogen-bond acceptors (Lipinski definition) is 3. The van der Waals surface area contributed by atoms with Crippen LogP contribution in [0.2, 0.25) is 0 Å². The van der Waals surface area contributed by atoms with Crippen LogP contribution in [0.5, 0.6) is 0 Å². The number of benzene rings is 2. The van der Waals surface area contributed by atoms with Crippen LogP contribution in [-0.2, 0) is 11.2 Å². The fraction of sp³-hybridized carbons (Fsp3) is 0.176. The van der Waals surface area contributed by atoms with Gasteiger partial charge in [-0.1, -0.05) is 45.4 Å². The predicted octanol–water partition coefficient (Wildman–Crippen LogP) is 4.01. The van der Waals surface area contributed by atoms with Gasteiger partial charge in [-0.15, -0.1) is 0 Å². The summed E-state index contributed by atoms with van der Waals surface area (Å²) in [5.74, 6) is -0.0773. The summed E-state index contributed by atoms with van der Waals surface area (Å²) in [4.78, 5) is 12.2. The Hall–Kier alpha value is -2.14. The number of para-hydroxylation sites is 1. The molecule has 2 aromatic carbocycles. The van der Waals surface area contributed by atoms with Crippen molar-refractivity contribution < 1.29 is 9.32 Å². The third-order valence-electron chi connectivity index (χ3n) is 3.51. The second-order valence-corrected chi connectivity index (χ2v) is 6.06. The van der Waals surface area contributed by atoms with E-state index in [2.05, 4.69) is 26.4 Å². The van der Waals surface area contributed by atoms with E-state index in [4.69, 9.17) is 4.52 Å². The zero-order valence-electron chi connectivity index (χ0n) is 12.0. The zero-order valence-corrected chi connectivity index (χ0v) is 13.6. The van der Waals surface area contributed by atoms with Crippen molar-refractivity contribution in [1.82, 2.24) is 10.5 Å². The van der Waals surface area contributed by atoms with Gasteiger partial charge < -0.3 is 9.84 Å². The summed E-state index contributed by atoms with van der Waals surface area (Å²) in [5.41, 5.74) is 2.41. The maximum Gasteiger partial charge on any atom is 0.226 e. The number of carbonyl (C=O) groups excluding carboxylic acids is 1. The lowest BCUT2D eigenvalue weighted by molar-refractivity contribution is -0.121. The first-order chi connectivity index (χ1) is 10.6. The Labute approximate surface area is 136 Å². The molecule has 0 aliphatic rings. The lowest BCUT2D eigenvalue weighted by Gasteiger charge is -2.14. The van der Waals surface area contributed by atoms with Gasteiger partial charge in [0.2, 0.25) is 5.91 Å². The Kier molecular flexibility index (Phi) is 4.24. The van der Waals surface area contributed by atoms with Gasteiger partial charge in [0.05, 0.1) is 12.5 Å². The highest BCUT2D eigenvalue weighted by Gasteiger charge is 2.14. The van der Waals surface area contributed by atoms with Crippen molar-refractivity contribution in [2.24, 2.45) is 0 Å². The Morgan fingerprint density at radius 3 is 2.91 bits per heavy atom. The van der Waals surface area contributed by atoms with Crippen LogP contribution in [0, 0.1) is 0 Å². The zero-order chi connectivity index (χ0) is 15.5. The van der Waals surface area contributed by atoms with Crippen LogP contribution in [0.1, 0.15) is 24.2 Å². The molecule has 112 valence electrons. The average molecular weight is 359 g/mol. The number of hydrogen-bond donors (Lipinski definition) is 1. The summed E-state index contributed by atoms with van der Waals surface area (Å²) < 4.78 is 6.21.